The molecule has 0 bridgehead atoms. The summed E-state index contributed by atoms with van der Waals surface area (Å²) in [7, 11) is -7.11. The van der Waals surface area contributed by atoms with E-state index in [9.17, 15) is 21.6 Å². The van der Waals surface area contributed by atoms with Crippen molar-refractivity contribution in [3.05, 3.63) is 90.5 Å². The lowest BCUT2D eigenvalue weighted by Gasteiger charge is -2.30. The summed E-state index contributed by atoms with van der Waals surface area (Å²) in [4.78, 5) is 12.8. The van der Waals surface area contributed by atoms with Gasteiger partial charge in [-0.05, 0) is 67.6 Å². The molecule has 2 N–H and O–H groups in total. The fourth-order valence-electron chi connectivity index (χ4n) is 4.31. The van der Waals surface area contributed by atoms with Crippen molar-refractivity contribution in [3.8, 4) is 0 Å². The van der Waals surface area contributed by atoms with Gasteiger partial charge in [-0.3, -0.25) is 9.52 Å². The third-order valence-corrected chi connectivity index (χ3v) is 9.74. The normalized spacial score (nSPS) is 15.2. The summed E-state index contributed by atoms with van der Waals surface area (Å²) in [6.45, 7) is 0.627. The number of amides is 1. The molecule has 37 heavy (non-hydrogen) atoms. The van der Waals surface area contributed by atoms with Crippen LogP contribution in [0.25, 0.3) is 0 Å². The first-order chi connectivity index (χ1) is 17.7. The molecule has 196 valence electrons. The molecule has 4 rings (SSSR count). The van der Waals surface area contributed by atoms with Crippen molar-refractivity contribution >= 4 is 37.3 Å². The number of benzene rings is 3. The number of carbonyl (C=O) groups excluding carboxylic acids is 1. The minimum atomic E-state index is -3.75. The zero-order valence-electron chi connectivity index (χ0n) is 20.4. The molecule has 1 saturated heterocycles. The van der Waals surface area contributed by atoms with Crippen LogP contribution in [-0.4, -0.2) is 45.9 Å². The molecule has 1 heterocycles. The number of carbonyl (C=O) groups is 1. The Morgan fingerprint density at radius 3 is 2.00 bits per heavy atom. The first kappa shape index (κ1) is 26.8. The number of anilines is 2. The van der Waals surface area contributed by atoms with Crippen LogP contribution in [0, 0.1) is 5.92 Å². The van der Waals surface area contributed by atoms with E-state index in [4.69, 9.17) is 0 Å². The highest BCUT2D eigenvalue weighted by molar-refractivity contribution is 7.92. The molecule has 0 aromatic heterocycles. The van der Waals surface area contributed by atoms with E-state index in [0.717, 1.165) is 5.56 Å². The van der Waals surface area contributed by atoms with Crippen LogP contribution in [0.5, 0.6) is 0 Å². The van der Waals surface area contributed by atoms with E-state index in [2.05, 4.69) is 10.0 Å². The molecule has 0 radical (unpaired) electrons. The molecule has 1 aliphatic heterocycles. The van der Waals surface area contributed by atoms with Crippen molar-refractivity contribution in [2.24, 2.45) is 5.92 Å². The van der Waals surface area contributed by atoms with Gasteiger partial charge in [-0.1, -0.05) is 48.5 Å². The lowest BCUT2D eigenvalue weighted by Crippen LogP contribution is -2.42. The average molecular weight is 542 g/mol. The van der Waals surface area contributed by atoms with E-state index in [1.165, 1.54) is 16.4 Å². The largest absolute Gasteiger partial charge is 0.326 e. The minimum absolute atomic E-state index is 0.0835. The highest BCUT2D eigenvalue weighted by Gasteiger charge is 2.31. The van der Waals surface area contributed by atoms with Crippen molar-refractivity contribution in [2.75, 3.05) is 28.9 Å². The lowest BCUT2D eigenvalue weighted by atomic mass is 9.97. The number of piperidine rings is 1. The Balaban J connectivity index is 1.25. The summed E-state index contributed by atoms with van der Waals surface area (Å²) in [6.07, 6.45) is 2.15. The monoisotopic (exact) mass is 541 g/mol. The van der Waals surface area contributed by atoms with Gasteiger partial charge in [0.1, 0.15) is 0 Å². The van der Waals surface area contributed by atoms with Crippen molar-refractivity contribution < 1.29 is 21.6 Å². The Bertz CT molecular complexity index is 1390. The Morgan fingerprint density at radius 1 is 0.784 bits per heavy atom. The van der Waals surface area contributed by atoms with Gasteiger partial charge in [0.25, 0.3) is 10.0 Å². The standard InChI is InChI=1S/C27H31N3O5S2/c31-27(28-24-13-15-26(16-14-24)37(34,35)29-25-11-5-2-6-12-25)23-17-19-30(20-18-23)36(32,33)21-7-10-22-8-3-1-4-9-22/h1-6,8-9,11-16,23,29H,7,10,17-21H2,(H,28,31). The first-order valence-corrected chi connectivity index (χ1v) is 15.3. The molecule has 0 unspecified atom stereocenters. The molecule has 0 aliphatic carbocycles. The number of hydrogen-bond acceptors (Lipinski definition) is 5. The molecule has 0 atom stereocenters. The van der Waals surface area contributed by atoms with Crippen molar-refractivity contribution in [1.29, 1.82) is 0 Å². The third kappa shape index (κ3) is 7.41. The predicted octanol–water partition coefficient (Wildman–Crippen LogP) is 4.10. The van der Waals surface area contributed by atoms with Crippen LogP contribution in [0.15, 0.2) is 89.8 Å². The number of sulfonamides is 2. The summed E-state index contributed by atoms with van der Waals surface area (Å²) < 4.78 is 54.6. The molecule has 3 aromatic rings. The minimum Gasteiger partial charge on any atom is -0.326 e. The molecule has 1 amide bonds. The highest BCUT2D eigenvalue weighted by atomic mass is 32.2. The first-order valence-electron chi connectivity index (χ1n) is 12.2. The molecule has 1 fully saturated rings. The van der Waals surface area contributed by atoms with E-state index >= 15 is 0 Å². The van der Waals surface area contributed by atoms with Gasteiger partial charge in [-0.25, -0.2) is 21.1 Å². The van der Waals surface area contributed by atoms with Gasteiger partial charge in [0, 0.05) is 30.4 Å². The molecule has 0 spiro atoms. The second kappa shape index (κ2) is 11.9. The number of hydrogen-bond donors (Lipinski definition) is 2. The summed E-state index contributed by atoms with van der Waals surface area (Å²) in [5.41, 5.74) is 2.07. The van der Waals surface area contributed by atoms with Gasteiger partial charge in [-0.2, -0.15) is 0 Å². The van der Waals surface area contributed by atoms with E-state index < -0.39 is 20.0 Å². The number of aryl methyl sites for hydroxylation is 1. The van der Waals surface area contributed by atoms with E-state index in [-0.39, 0.29) is 22.5 Å². The van der Waals surface area contributed by atoms with Crippen LogP contribution in [0.4, 0.5) is 11.4 Å². The number of para-hydroxylation sites is 1. The smallest absolute Gasteiger partial charge is 0.261 e. The molecule has 0 saturated carbocycles. The topological polar surface area (TPSA) is 113 Å². The van der Waals surface area contributed by atoms with E-state index in [0.29, 0.717) is 50.1 Å². The van der Waals surface area contributed by atoms with Crippen molar-refractivity contribution in [3.63, 3.8) is 0 Å². The maximum Gasteiger partial charge on any atom is 0.261 e. The van der Waals surface area contributed by atoms with Gasteiger partial charge < -0.3 is 5.32 Å². The third-order valence-electron chi connectivity index (χ3n) is 6.39. The van der Waals surface area contributed by atoms with Crippen LogP contribution in [0.1, 0.15) is 24.8 Å². The van der Waals surface area contributed by atoms with Crippen LogP contribution in [0.3, 0.4) is 0 Å². The molecule has 3 aromatic carbocycles. The van der Waals surface area contributed by atoms with Crippen LogP contribution < -0.4 is 10.0 Å². The Labute approximate surface area is 218 Å². The van der Waals surface area contributed by atoms with Crippen molar-refractivity contribution in [2.45, 2.75) is 30.6 Å². The molecule has 1 aliphatic rings. The second-order valence-corrected chi connectivity index (χ2v) is 12.8. The summed E-state index contributed by atoms with van der Waals surface area (Å²) in [5, 5.41) is 2.82. The second-order valence-electron chi connectivity index (χ2n) is 9.06. The van der Waals surface area contributed by atoms with Crippen LogP contribution in [0.2, 0.25) is 0 Å². The maximum atomic E-state index is 12.8. The fourth-order valence-corrected chi connectivity index (χ4v) is 6.90. The summed E-state index contributed by atoms with van der Waals surface area (Å²) in [5.74, 6) is -0.411. The number of nitrogens with one attached hydrogen (secondary N) is 2. The number of nitrogens with zero attached hydrogens (tertiary/aromatic N) is 1. The van der Waals surface area contributed by atoms with Crippen molar-refractivity contribution in [1.82, 2.24) is 4.31 Å². The molecule has 8 nitrogen and oxygen atoms in total. The Kier molecular flexibility index (Phi) is 8.63. The predicted molar refractivity (Wildman–Crippen MR) is 145 cm³/mol. The summed E-state index contributed by atoms with van der Waals surface area (Å²) in [6, 6.07) is 24.4. The average Bonchev–Trinajstić information content (AvgIpc) is 2.90. The highest BCUT2D eigenvalue weighted by Crippen LogP contribution is 2.23. The quantitative estimate of drug-likeness (QED) is 0.401. The Morgan fingerprint density at radius 2 is 1.38 bits per heavy atom. The van der Waals surface area contributed by atoms with Crippen LogP contribution >= 0.6 is 0 Å². The molecular formula is C27H31N3O5S2. The van der Waals surface area contributed by atoms with Gasteiger partial charge in [-0.15, -0.1) is 0 Å². The zero-order chi connectivity index (χ0) is 26.3. The van der Waals surface area contributed by atoms with Crippen LogP contribution in [-0.2, 0) is 31.3 Å². The molecular weight excluding hydrogens is 510 g/mol. The van der Waals surface area contributed by atoms with E-state index in [1.807, 2.05) is 30.3 Å². The lowest BCUT2D eigenvalue weighted by molar-refractivity contribution is -0.120. The van der Waals surface area contributed by atoms with Gasteiger partial charge >= 0.3 is 0 Å². The SMILES string of the molecule is O=C(Nc1ccc(S(=O)(=O)Nc2ccccc2)cc1)C1CCN(S(=O)(=O)CCCc2ccccc2)CC1. The maximum absolute atomic E-state index is 12.8. The molecule has 10 heteroatoms. The summed E-state index contributed by atoms with van der Waals surface area (Å²) >= 11 is 0. The van der Waals surface area contributed by atoms with E-state index in [1.54, 1.807) is 42.5 Å². The fraction of sp³-hybridized carbons (Fsp3) is 0.296. The van der Waals surface area contributed by atoms with Gasteiger partial charge in [0.15, 0.2) is 0 Å². The zero-order valence-corrected chi connectivity index (χ0v) is 22.0. The Hall–Kier alpha value is -3.21. The van der Waals surface area contributed by atoms with Gasteiger partial charge in [0.05, 0.1) is 10.6 Å². The van der Waals surface area contributed by atoms with Gasteiger partial charge in [0.2, 0.25) is 15.9 Å². The number of rotatable bonds is 10.